The molecule has 3 aromatic carbocycles. The molecule has 136 valence electrons. The average Bonchev–Trinajstić information content (AvgIpc) is 2.70. The maximum Gasteiger partial charge on any atom is 0.265 e. The molecule has 0 aromatic heterocycles. The van der Waals surface area contributed by atoms with Gasteiger partial charge in [-0.1, -0.05) is 66.2 Å². The van der Waals surface area contributed by atoms with Crippen molar-refractivity contribution in [3.8, 4) is 5.75 Å². The first-order chi connectivity index (χ1) is 13.1. The zero-order chi connectivity index (χ0) is 19.2. The summed E-state index contributed by atoms with van der Waals surface area (Å²) >= 11 is 6.07. The first kappa shape index (κ1) is 18.7. The summed E-state index contributed by atoms with van der Waals surface area (Å²) < 4.78 is 5.64. The minimum Gasteiger partial charge on any atom is -0.479 e. The highest BCUT2D eigenvalue weighted by Gasteiger charge is 2.19. The van der Waals surface area contributed by atoms with Crippen LogP contribution >= 0.6 is 11.6 Å². The summed E-state index contributed by atoms with van der Waals surface area (Å²) in [5.41, 5.74) is 1.41. The molecule has 0 aliphatic carbocycles. The monoisotopic (exact) mass is 379 g/mol. The molecular formula is C22H18ClNO3. The SMILES string of the molecule is C[C@@H](Oc1ccccc1Cl)C(=O)Nc1ccccc1C(=O)c1ccccc1. The predicted octanol–water partition coefficient (Wildman–Crippen LogP) is 4.98. The van der Waals surface area contributed by atoms with Gasteiger partial charge in [0.2, 0.25) is 0 Å². The van der Waals surface area contributed by atoms with Gasteiger partial charge in [0, 0.05) is 11.1 Å². The van der Waals surface area contributed by atoms with Crippen molar-refractivity contribution < 1.29 is 14.3 Å². The summed E-state index contributed by atoms with van der Waals surface area (Å²) in [6, 6.07) is 22.8. The molecule has 0 unspecified atom stereocenters. The fourth-order valence-electron chi connectivity index (χ4n) is 2.55. The standard InChI is InChI=1S/C22H18ClNO3/c1-15(27-20-14-8-6-12-18(20)23)22(26)24-19-13-7-5-11-17(19)21(25)16-9-3-2-4-10-16/h2-15H,1H3,(H,24,26)/t15-/m1/s1. The van der Waals surface area contributed by atoms with Crippen LogP contribution in [-0.2, 0) is 4.79 Å². The summed E-state index contributed by atoms with van der Waals surface area (Å²) in [4.78, 5) is 25.3. The van der Waals surface area contributed by atoms with E-state index >= 15 is 0 Å². The summed E-state index contributed by atoms with van der Waals surface area (Å²) in [7, 11) is 0. The van der Waals surface area contributed by atoms with E-state index in [0.29, 0.717) is 27.6 Å². The van der Waals surface area contributed by atoms with E-state index in [1.54, 1.807) is 79.7 Å². The van der Waals surface area contributed by atoms with Crippen molar-refractivity contribution in [1.29, 1.82) is 0 Å². The van der Waals surface area contributed by atoms with Gasteiger partial charge in [-0.05, 0) is 31.2 Å². The Morgan fingerprint density at radius 1 is 0.889 bits per heavy atom. The number of halogens is 1. The Hall–Kier alpha value is -3.11. The number of carbonyl (C=O) groups excluding carboxylic acids is 2. The van der Waals surface area contributed by atoms with Gasteiger partial charge >= 0.3 is 0 Å². The molecule has 0 bridgehead atoms. The number of hydrogen-bond acceptors (Lipinski definition) is 3. The molecular weight excluding hydrogens is 362 g/mol. The number of rotatable bonds is 6. The third kappa shape index (κ3) is 4.54. The highest BCUT2D eigenvalue weighted by Crippen LogP contribution is 2.25. The van der Waals surface area contributed by atoms with Gasteiger partial charge in [-0.15, -0.1) is 0 Å². The van der Waals surface area contributed by atoms with Crippen LogP contribution in [0.3, 0.4) is 0 Å². The van der Waals surface area contributed by atoms with Crippen LogP contribution in [0.4, 0.5) is 5.69 Å². The maximum absolute atomic E-state index is 12.8. The van der Waals surface area contributed by atoms with Crippen LogP contribution in [0.5, 0.6) is 5.75 Å². The highest BCUT2D eigenvalue weighted by molar-refractivity contribution is 6.32. The molecule has 1 atom stereocenters. The van der Waals surface area contributed by atoms with Crippen molar-refractivity contribution in [3.05, 3.63) is 95.0 Å². The van der Waals surface area contributed by atoms with E-state index in [4.69, 9.17) is 16.3 Å². The minimum absolute atomic E-state index is 0.161. The predicted molar refractivity (Wildman–Crippen MR) is 106 cm³/mol. The summed E-state index contributed by atoms with van der Waals surface area (Å²) in [5.74, 6) is -0.107. The Labute approximate surface area is 162 Å². The number of ketones is 1. The highest BCUT2D eigenvalue weighted by atomic mass is 35.5. The van der Waals surface area contributed by atoms with E-state index in [2.05, 4.69) is 5.32 Å². The first-order valence-electron chi connectivity index (χ1n) is 8.47. The van der Waals surface area contributed by atoms with E-state index in [0.717, 1.165) is 0 Å². The molecule has 0 fully saturated rings. The van der Waals surface area contributed by atoms with Gasteiger partial charge in [0.15, 0.2) is 11.9 Å². The maximum atomic E-state index is 12.8. The van der Waals surface area contributed by atoms with Gasteiger partial charge in [-0.25, -0.2) is 0 Å². The molecule has 0 saturated carbocycles. The molecule has 0 spiro atoms. The lowest BCUT2D eigenvalue weighted by Crippen LogP contribution is -2.30. The molecule has 0 aliphatic rings. The zero-order valence-electron chi connectivity index (χ0n) is 14.7. The third-order valence-corrected chi connectivity index (χ3v) is 4.29. The van der Waals surface area contributed by atoms with Crippen molar-refractivity contribution >= 4 is 29.0 Å². The summed E-state index contributed by atoms with van der Waals surface area (Å²) in [5, 5.41) is 3.20. The van der Waals surface area contributed by atoms with Crippen molar-refractivity contribution in [3.63, 3.8) is 0 Å². The molecule has 4 nitrogen and oxygen atoms in total. The Morgan fingerprint density at radius 2 is 1.52 bits per heavy atom. The van der Waals surface area contributed by atoms with Gasteiger partial charge in [-0.3, -0.25) is 9.59 Å². The van der Waals surface area contributed by atoms with Crippen LogP contribution in [0.15, 0.2) is 78.9 Å². The molecule has 27 heavy (non-hydrogen) atoms. The van der Waals surface area contributed by atoms with Crippen LogP contribution in [-0.4, -0.2) is 17.8 Å². The Kier molecular flexibility index (Phi) is 5.89. The topological polar surface area (TPSA) is 55.4 Å². The lowest BCUT2D eigenvalue weighted by Gasteiger charge is -2.17. The molecule has 0 heterocycles. The number of amides is 1. The average molecular weight is 380 g/mol. The number of benzene rings is 3. The van der Waals surface area contributed by atoms with Crippen molar-refractivity contribution in [1.82, 2.24) is 0 Å². The van der Waals surface area contributed by atoms with Crippen LogP contribution < -0.4 is 10.1 Å². The summed E-state index contributed by atoms with van der Waals surface area (Å²) in [6.07, 6.45) is -0.787. The molecule has 0 aliphatic heterocycles. The minimum atomic E-state index is -0.787. The van der Waals surface area contributed by atoms with Crippen LogP contribution in [0.25, 0.3) is 0 Å². The van der Waals surface area contributed by atoms with Gasteiger partial charge < -0.3 is 10.1 Å². The lowest BCUT2D eigenvalue weighted by molar-refractivity contribution is -0.122. The second-order valence-electron chi connectivity index (χ2n) is 5.92. The van der Waals surface area contributed by atoms with Gasteiger partial charge in [0.1, 0.15) is 5.75 Å². The lowest BCUT2D eigenvalue weighted by atomic mass is 10.0. The normalized spacial score (nSPS) is 11.5. The molecule has 1 amide bonds. The van der Waals surface area contributed by atoms with Gasteiger partial charge in [-0.2, -0.15) is 0 Å². The smallest absolute Gasteiger partial charge is 0.265 e. The van der Waals surface area contributed by atoms with Gasteiger partial charge in [0.05, 0.1) is 10.7 Å². The van der Waals surface area contributed by atoms with E-state index in [1.165, 1.54) is 0 Å². The molecule has 3 rings (SSSR count). The van der Waals surface area contributed by atoms with E-state index < -0.39 is 6.10 Å². The van der Waals surface area contributed by atoms with E-state index in [-0.39, 0.29) is 11.7 Å². The number of hydrogen-bond donors (Lipinski definition) is 1. The van der Waals surface area contributed by atoms with Crippen LogP contribution in [0.1, 0.15) is 22.8 Å². The molecule has 3 aromatic rings. The number of ether oxygens (including phenoxy) is 1. The first-order valence-corrected chi connectivity index (χ1v) is 8.85. The van der Waals surface area contributed by atoms with Crippen LogP contribution in [0, 0.1) is 0 Å². The fourth-order valence-corrected chi connectivity index (χ4v) is 2.73. The summed E-state index contributed by atoms with van der Waals surface area (Å²) in [6.45, 7) is 1.63. The van der Waals surface area contributed by atoms with E-state index in [9.17, 15) is 9.59 Å². The van der Waals surface area contributed by atoms with Crippen LogP contribution in [0.2, 0.25) is 5.02 Å². The number of para-hydroxylation sites is 2. The molecule has 0 radical (unpaired) electrons. The largest absolute Gasteiger partial charge is 0.479 e. The molecule has 1 N–H and O–H groups in total. The Balaban J connectivity index is 1.77. The number of carbonyl (C=O) groups is 2. The molecule has 5 heteroatoms. The second kappa shape index (κ2) is 8.52. The van der Waals surface area contributed by atoms with Crippen molar-refractivity contribution in [2.45, 2.75) is 13.0 Å². The van der Waals surface area contributed by atoms with Crippen molar-refractivity contribution in [2.24, 2.45) is 0 Å². The number of nitrogens with one attached hydrogen (secondary N) is 1. The Morgan fingerprint density at radius 3 is 2.26 bits per heavy atom. The third-order valence-electron chi connectivity index (χ3n) is 3.98. The van der Waals surface area contributed by atoms with E-state index in [1.807, 2.05) is 6.07 Å². The zero-order valence-corrected chi connectivity index (χ0v) is 15.4. The van der Waals surface area contributed by atoms with Gasteiger partial charge in [0.25, 0.3) is 5.91 Å². The fraction of sp³-hybridized carbons (Fsp3) is 0.0909. The molecule has 0 saturated heterocycles. The van der Waals surface area contributed by atoms with Crippen molar-refractivity contribution in [2.75, 3.05) is 5.32 Å². The number of anilines is 1. The quantitative estimate of drug-likeness (QED) is 0.615. The second-order valence-corrected chi connectivity index (χ2v) is 6.33. The Bertz CT molecular complexity index is 957.